The van der Waals surface area contributed by atoms with Gasteiger partial charge in [0.05, 0.1) is 19.7 Å². The van der Waals surface area contributed by atoms with Crippen molar-refractivity contribution in [2.45, 2.75) is 25.0 Å². The zero-order valence-electron chi connectivity index (χ0n) is 16.6. The summed E-state index contributed by atoms with van der Waals surface area (Å²) in [6.45, 7) is 3.25. The molecule has 2 N–H and O–H groups in total. The van der Waals surface area contributed by atoms with E-state index in [9.17, 15) is 4.79 Å². The summed E-state index contributed by atoms with van der Waals surface area (Å²) in [5.41, 5.74) is 9.04. The van der Waals surface area contributed by atoms with Crippen LogP contribution in [0.25, 0.3) is 0 Å². The maximum Gasteiger partial charge on any atom is 0.227 e. The molecule has 4 rings (SSSR count). The van der Waals surface area contributed by atoms with E-state index in [1.54, 1.807) is 7.11 Å². The molecule has 0 saturated carbocycles. The molecule has 0 aromatic heterocycles. The average Bonchev–Trinajstić information content (AvgIpc) is 3.24. The highest BCUT2D eigenvalue weighted by atomic mass is 35.5. The second-order valence-corrected chi connectivity index (χ2v) is 8.03. The predicted octanol–water partition coefficient (Wildman–Crippen LogP) is 2.60. The fourth-order valence-corrected chi connectivity index (χ4v) is 4.26. The predicted molar refractivity (Wildman–Crippen MR) is 114 cm³/mol. The van der Waals surface area contributed by atoms with Gasteiger partial charge >= 0.3 is 0 Å². The number of amides is 1. The van der Waals surface area contributed by atoms with Gasteiger partial charge in [-0.2, -0.15) is 0 Å². The van der Waals surface area contributed by atoms with Gasteiger partial charge in [0, 0.05) is 37.2 Å². The molecule has 0 spiro atoms. The number of benzene rings is 2. The van der Waals surface area contributed by atoms with Crippen molar-refractivity contribution < 1.29 is 9.53 Å². The summed E-state index contributed by atoms with van der Waals surface area (Å²) >= 11 is 6.03. The SMILES string of the molecule is COc1ccc(C2CC(N3CCN(C(=O)Cc4cccc(Cl)c4)CC3)NN2)cc1. The van der Waals surface area contributed by atoms with Gasteiger partial charge in [0.2, 0.25) is 5.91 Å². The van der Waals surface area contributed by atoms with E-state index in [0.29, 0.717) is 11.4 Å². The lowest BCUT2D eigenvalue weighted by atomic mass is 10.0. The highest BCUT2D eigenvalue weighted by Crippen LogP contribution is 2.26. The summed E-state index contributed by atoms with van der Waals surface area (Å²) in [4.78, 5) is 17.0. The summed E-state index contributed by atoms with van der Waals surface area (Å²) in [6.07, 6.45) is 1.67. The van der Waals surface area contributed by atoms with Crippen molar-refractivity contribution >= 4 is 17.5 Å². The molecule has 2 aliphatic rings. The number of rotatable bonds is 5. The number of nitrogens with one attached hydrogen (secondary N) is 2. The monoisotopic (exact) mass is 414 g/mol. The Balaban J connectivity index is 1.26. The molecule has 2 fully saturated rings. The lowest BCUT2D eigenvalue weighted by molar-refractivity contribution is -0.132. The minimum atomic E-state index is 0.167. The minimum absolute atomic E-state index is 0.167. The van der Waals surface area contributed by atoms with E-state index in [-0.39, 0.29) is 18.1 Å². The number of piperazine rings is 1. The first-order chi connectivity index (χ1) is 14.1. The summed E-state index contributed by atoms with van der Waals surface area (Å²) in [6, 6.07) is 16.0. The van der Waals surface area contributed by atoms with Crippen molar-refractivity contribution in [3.8, 4) is 5.75 Å². The number of halogens is 1. The first-order valence-electron chi connectivity index (χ1n) is 10.0. The van der Waals surface area contributed by atoms with Crippen molar-refractivity contribution in [1.82, 2.24) is 20.7 Å². The van der Waals surface area contributed by atoms with Crippen LogP contribution in [0.15, 0.2) is 48.5 Å². The van der Waals surface area contributed by atoms with Crippen molar-refractivity contribution in [2.24, 2.45) is 0 Å². The molecule has 2 atom stereocenters. The number of ether oxygens (including phenoxy) is 1. The van der Waals surface area contributed by atoms with Crippen LogP contribution in [-0.2, 0) is 11.2 Å². The Bertz CT molecular complexity index is 837. The maximum absolute atomic E-state index is 12.6. The van der Waals surface area contributed by atoms with E-state index < -0.39 is 0 Å². The van der Waals surface area contributed by atoms with Crippen LogP contribution in [0.4, 0.5) is 0 Å². The molecular formula is C22H27ClN4O2. The molecule has 2 heterocycles. The van der Waals surface area contributed by atoms with Crippen LogP contribution in [0.1, 0.15) is 23.6 Å². The summed E-state index contributed by atoms with van der Waals surface area (Å²) in [5, 5.41) is 0.673. The van der Waals surface area contributed by atoms with Gasteiger partial charge in [-0.3, -0.25) is 9.69 Å². The first-order valence-corrected chi connectivity index (χ1v) is 10.4. The lowest BCUT2D eigenvalue weighted by Gasteiger charge is -2.37. The zero-order valence-corrected chi connectivity index (χ0v) is 17.4. The van der Waals surface area contributed by atoms with Gasteiger partial charge in [-0.25, -0.2) is 10.9 Å². The molecule has 0 bridgehead atoms. The largest absolute Gasteiger partial charge is 0.497 e. The summed E-state index contributed by atoms with van der Waals surface area (Å²) < 4.78 is 5.24. The molecule has 2 aliphatic heterocycles. The van der Waals surface area contributed by atoms with Crippen LogP contribution in [0.3, 0.4) is 0 Å². The Hall–Kier alpha value is -2.12. The number of methoxy groups -OCH3 is 1. The molecule has 154 valence electrons. The Morgan fingerprint density at radius 3 is 2.55 bits per heavy atom. The third kappa shape index (κ3) is 4.90. The van der Waals surface area contributed by atoms with E-state index in [0.717, 1.165) is 43.9 Å². The van der Waals surface area contributed by atoms with Crippen molar-refractivity contribution in [1.29, 1.82) is 0 Å². The van der Waals surface area contributed by atoms with Gasteiger partial charge in [-0.05, 0) is 41.8 Å². The Morgan fingerprint density at radius 1 is 1.10 bits per heavy atom. The lowest BCUT2D eigenvalue weighted by Crippen LogP contribution is -2.55. The van der Waals surface area contributed by atoms with Gasteiger partial charge in [-0.15, -0.1) is 0 Å². The summed E-state index contributed by atoms with van der Waals surface area (Å²) in [5.74, 6) is 1.04. The molecule has 7 heteroatoms. The normalized spacial score (nSPS) is 22.6. The molecule has 2 saturated heterocycles. The minimum Gasteiger partial charge on any atom is -0.497 e. The number of hydrogen-bond donors (Lipinski definition) is 2. The van der Waals surface area contributed by atoms with Crippen LogP contribution >= 0.6 is 11.6 Å². The van der Waals surface area contributed by atoms with E-state index in [1.165, 1.54) is 5.56 Å². The molecule has 0 aliphatic carbocycles. The second-order valence-electron chi connectivity index (χ2n) is 7.59. The topological polar surface area (TPSA) is 56.8 Å². The molecule has 6 nitrogen and oxygen atoms in total. The number of nitrogens with zero attached hydrogens (tertiary/aromatic N) is 2. The van der Waals surface area contributed by atoms with E-state index >= 15 is 0 Å². The van der Waals surface area contributed by atoms with Crippen LogP contribution in [0.2, 0.25) is 5.02 Å². The third-order valence-corrected chi connectivity index (χ3v) is 5.99. The fraction of sp³-hybridized carbons (Fsp3) is 0.409. The third-order valence-electron chi connectivity index (χ3n) is 5.75. The van der Waals surface area contributed by atoms with E-state index in [4.69, 9.17) is 16.3 Å². The Morgan fingerprint density at radius 2 is 1.86 bits per heavy atom. The quantitative estimate of drug-likeness (QED) is 0.787. The van der Waals surface area contributed by atoms with Gasteiger partial charge in [0.15, 0.2) is 0 Å². The van der Waals surface area contributed by atoms with Crippen LogP contribution in [-0.4, -0.2) is 55.2 Å². The Kier molecular flexibility index (Phi) is 6.35. The smallest absolute Gasteiger partial charge is 0.227 e. The molecule has 2 aromatic rings. The van der Waals surface area contributed by atoms with Gasteiger partial charge in [0.25, 0.3) is 0 Å². The van der Waals surface area contributed by atoms with E-state index in [2.05, 4.69) is 27.9 Å². The van der Waals surface area contributed by atoms with Crippen LogP contribution < -0.4 is 15.6 Å². The van der Waals surface area contributed by atoms with Crippen molar-refractivity contribution in [2.75, 3.05) is 33.3 Å². The van der Waals surface area contributed by atoms with Gasteiger partial charge < -0.3 is 9.64 Å². The van der Waals surface area contributed by atoms with Gasteiger partial charge in [0.1, 0.15) is 5.75 Å². The molecular weight excluding hydrogens is 388 g/mol. The highest BCUT2D eigenvalue weighted by molar-refractivity contribution is 6.30. The van der Waals surface area contributed by atoms with Crippen molar-refractivity contribution in [3.05, 3.63) is 64.7 Å². The van der Waals surface area contributed by atoms with Gasteiger partial charge in [-0.1, -0.05) is 35.9 Å². The van der Waals surface area contributed by atoms with Crippen LogP contribution in [0.5, 0.6) is 5.75 Å². The molecule has 2 unspecified atom stereocenters. The summed E-state index contributed by atoms with van der Waals surface area (Å²) in [7, 11) is 1.68. The Labute approximate surface area is 176 Å². The zero-order chi connectivity index (χ0) is 20.2. The highest BCUT2D eigenvalue weighted by Gasteiger charge is 2.32. The maximum atomic E-state index is 12.6. The number of hydrazine groups is 1. The molecule has 29 heavy (non-hydrogen) atoms. The van der Waals surface area contributed by atoms with Crippen LogP contribution in [0, 0.1) is 0 Å². The molecule has 1 amide bonds. The number of hydrogen-bond acceptors (Lipinski definition) is 5. The standard InChI is InChI=1S/C22H27ClN4O2/c1-29-19-7-5-17(6-8-19)20-15-21(25-24-20)26-9-11-27(12-10-26)22(28)14-16-3-2-4-18(23)13-16/h2-8,13,20-21,24-25H,9-12,14-15H2,1H3. The molecule has 0 radical (unpaired) electrons. The first kappa shape index (κ1) is 20.2. The van der Waals surface area contributed by atoms with E-state index in [1.807, 2.05) is 41.3 Å². The number of carbonyl (C=O) groups excluding carboxylic acids is 1. The van der Waals surface area contributed by atoms with Crippen molar-refractivity contribution in [3.63, 3.8) is 0 Å². The second kappa shape index (κ2) is 9.13. The fourth-order valence-electron chi connectivity index (χ4n) is 4.05. The average molecular weight is 415 g/mol. The number of carbonyl (C=O) groups is 1. The molecule has 2 aromatic carbocycles.